The van der Waals surface area contributed by atoms with Crippen molar-refractivity contribution in [2.75, 3.05) is 6.26 Å². The molecule has 1 amide bonds. The van der Waals surface area contributed by atoms with E-state index in [9.17, 15) is 4.79 Å². The van der Waals surface area contributed by atoms with Crippen molar-refractivity contribution in [3.05, 3.63) is 11.2 Å². The van der Waals surface area contributed by atoms with Gasteiger partial charge in [-0.25, -0.2) is 0 Å². The van der Waals surface area contributed by atoms with Crippen LogP contribution in [0.3, 0.4) is 0 Å². The summed E-state index contributed by atoms with van der Waals surface area (Å²) >= 11 is 2.61. The van der Waals surface area contributed by atoms with Gasteiger partial charge in [-0.15, -0.1) is 11.8 Å². The predicted molar refractivity (Wildman–Crippen MR) is 40.9 cm³/mol. The standard InChI is InChI=1S/C4H6N2OS2/c1-8-2-3-5-4(7)9-6-3/h2,6H,1H3,(H,5,7). The molecule has 0 aromatic heterocycles. The number of carbonyl (C=O) groups excluding carboxylic acids is 1. The van der Waals surface area contributed by atoms with Crippen LogP contribution in [0.2, 0.25) is 0 Å². The molecule has 1 rings (SSSR count). The monoisotopic (exact) mass is 162 g/mol. The van der Waals surface area contributed by atoms with Crippen molar-refractivity contribution in [2.24, 2.45) is 0 Å². The minimum atomic E-state index is -0.0460. The summed E-state index contributed by atoms with van der Waals surface area (Å²) in [7, 11) is 0. The molecule has 0 aliphatic carbocycles. The summed E-state index contributed by atoms with van der Waals surface area (Å²) in [6.45, 7) is 0. The maximum absolute atomic E-state index is 10.5. The number of nitrogens with one attached hydrogen (secondary N) is 2. The Balaban J connectivity index is 2.47. The van der Waals surface area contributed by atoms with Gasteiger partial charge in [0.1, 0.15) is 5.82 Å². The Morgan fingerprint density at radius 1 is 1.78 bits per heavy atom. The molecule has 1 aliphatic rings. The molecule has 1 saturated heterocycles. The largest absolute Gasteiger partial charge is 0.307 e. The third kappa shape index (κ3) is 1.83. The van der Waals surface area contributed by atoms with Crippen LogP contribution in [0.5, 0.6) is 0 Å². The molecule has 0 spiro atoms. The van der Waals surface area contributed by atoms with Gasteiger partial charge >= 0.3 is 5.24 Å². The lowest BCUT2D eigenvalue weighted by molar-refractivity contribution is 0.263. The number of carbonyl (C=O) groups is 1. The van der Waals surface area contributed by atoms with Crippen molar-refractivity contribution in [1.29, 1.82) is 0 Å². The summed E-state index contributed by atoms with van der Waals surface area (Å²) < 4.78 is 2.80. The van der Waals surface area contributed by atoms with Crippen LogP contribution in [0.4, 0.5) is 4.79 Å². The van der Waals surface area contributed by atoms with Crippen LogP contribution in [-0.2, 0) is 0 Å². The molecule has 0 radical (unpaired) electrons. The van der Waals surface area contributed by atoms with E-state index < -0.39 is 0 Å². The molecule has 5 heteroatoms. The summed E-state index contributed by atoms with van der Waals surface area (Å²) in [6.07, 6.45) is 1.93. The lowest BCUT2D eigenvalue weighted by Gasteiger charge is -1.91. The summed E-state index contributed by atoms with van der Waals surface area (Å²) in [5.41, 5.74) is 0. The third-order valence-corrected chi connectivity index (χ3v) is 1.81. The molecule has 0 aromatic rings. The van der Waals surface area contributed by atoms with Crippen LogP contribution in [-0.4, -0.2) is 11.5 Å². The molecular weight excluding hydrogens is 156 g/mol. The van der Waals surface area contributed by atoms with E-state index in [1.54, 1.807) is 11.8 Å². The van der Waals surface area contributed by atoms with E-state index in [1.807, 2.05) is 11.7 Å². The van der Waals surface area contributed by atoms with Crippen LogP contribution >= 0.6 is 23.7 Å². The average molecular weight is 162 g/mol. The van der Waals surface area contributed by atoms with Crippen LogP contribution in [0, 0.1) is 0 Å². The van der Waals surface area contributed by atoms with Gasteiger partial charge in [-0.3, -0.25) is 4.79 Å². The highest BCUT2D eigenvalue weighted by atomic mass is 32.2. The third-order valence-electron chi connectivity index (χ3n) is 0.726. The Hall–Kier alpha value is -0.290. The molecule has 50 valence electrons. The van der Waals surface area contributed by atoms with Gasteiger partial charge in [0.15, 0.2) is 0 Å². The molecular formula is C4H6N2OS2. The highest BCUT2D eigenvalue weighted by molar-refractivity contribution is 8.12. The van der Waals surface area contributed by atoms with Crippen LogP contribution < -0.4 is 10.0 Å². The molecule has 1 aliphatic heterocycles. The fourth-order valence-corrected chi connectivity index (χ4v) is 1.34. The van der Waals surface area contributed by atoms with E-state index in [1.165, 1.54) is 0 Å². The number of hydrogen-bond acceptors (Lipinski definition) is 4. The number of amides is 1. The maximum Gasteiger partial charge on any atom is 0.305 e. The van der Waals surface area contributed by atoms with Gasteiger partial charge in [0.05, 0.1) is 0 Å². The Kier molecular flexibility index (Phi) is 2.29. The fraction of sp³-hybridized carbons (Fsp3) is 0.250. The highest BCUT2D eigenvalue weighted by Gasteiger charge is 2.12. The average Bonchev–Trinajstić information content (AvgIpc) is 2.17. The van der Waals surface area contributed by atoms with E-state index >= 15 is 0 Å². The zero-order chi connectivity index (χ0) is 6.69. The van der Waals surface area contributed by atoms with Crippen molar-refractivity contribution in [1.82, 2.24) is 10.0 Å². The summed E-state index contributed by atoms with van der Waals surface area (Å²) in [5.74, 6) is 0.775. The van der Waals surface area contributed by atoms with Crippen LogP contribution in [0.25, 0.3) is 0 Å². The van der Waals surface area contributed by atoms with Crippen LogP contribution in [0.1, 0.15) is 0 Å². The van der Waals surface area contributed by atoms with Gasteiger partial charge in [-0.05, 0) is 6.26 Å². The number of rotatable bonds is 1. The van der Waals surface area contributed by atoms with Gasteiger partial charge in [-0.1, -0.05) is 0 Å². The van der Waals surface area contributed by atoms with Gasteiger partial charge in [-0.2, -0.15) is 0 Å². The predicted octanol–water partition coefficient (Wildman–Crippen LogP) is 1.11. The topological polar surface area (TPSA) is 41.1 Å². The van der Waals surface area contributed by atoms with Gasteiger partial charge < -0.3 is 10.0 Å². The second-order valence-corrected chi connectivity index (χ2v) is 2.87. The fourth-order valence-electron chi connectivity index (χ4n) is 0.434. The molecule has 0 unspecified atom stereocenters. The van der Waals surface area contributed by atoms with E-state index in [-0.39, 0.29) is 5.24 Å². The minimum Gasteiger partial charge on any atom is -0.307 e. The Morgan fingerprint density at radius 2 is 2.56 bits per heavy atom. The lowest BCUT2D eigenvalue weighted by Crippen LogP contribution is -2.11. The Morgan fingerprint density at radius 3 is 3.00 bits per heavy atom. The molecule has 2 N–H and O–H groups in total. The SMILES string of the molecule is CSC=C1NSC(=O)N1. The number of hydrogen-bond donors (Lipinski definition) is 2. The first-order valence-electron chi connectivity index (χ1n) is 2.29. The van der Waals surface area contributed by atoms with Gasteiger partial charge in [0, 0.05) is 17.4 Å². The van der Waals surface area contributed by atoms with Crippen molar-refractivity contribution >= 4 is 28.9 Å². The maximum atomic E-state index is 10.5. The highest BCUT2D eigenvalue weighted by Crippen LogP contribution is 2.10. The minimum absolute atomic E-state index is 0.0460. The molecule has 3 nitrogen and oxygen atoms in total. The van der Waals surface area contributed by atoms with Gasteiger partial charge in [0.2, 0.25) is 0 Å². The van der Waals surface area contributed by atoms with Crippen LogP contribution in [0.15, 0.2) is 11.2 Å². The zero-order valence-electron chi connectivity index (χ0n) is 4.80. The normalized spacial score (nSPS) is 21.9. The molecule has 1 heterocycles. The first-order valence-corrected chi connectivity index (χ1v) is 4.40. The summed E-state index contributed by atoms with van der Waals surface area (Å²) in [5, 5.41) is 4.41. The van der Waals surface area contributed by atoms with Crippen molar-refractivity contribution in [3.63, 3.8) is 0 Å². The van der Waals surface area contributed by atoms with E-state index in [4.69, 9.17) is 0 Å². The summed E-state index contributed by atoms with van der Waals surface area (Å²) in [4.78, 5) is 10.5. The van der Waals surface area contributed by atoms with Crippen molar-refractivity contribution in [2.45, 2.75) is 0 Å². The summed E-state index contributed by atoms with van der Waals surface area (Å²) in [6, 6.07) is 0. The number of thioether (sulfide) groups is 1. The van der Waals surface area contributed by atoms with Crippen molar-refractivity contribution < 1.29 is 4.79 Å². The lowest BCUT2D eigenvalue weighted by atomic mass is 10.8. The molecule has 9 heavy (non-hydrogen) atoms. The second kappa shape index (κ2) is 3.03. The second-order valence-electron chi connectivity index (χ2n) is 1.38. The quantitative estimate of drug-likeness (QED) is 0.567. The van der Waals surface area contributed by atoms with Crippen molar-refractivity contribution in [3.8, 4) is 0 Å². The first-order chi connectivity index (χ1) is 4.33. The zero-order valence-corrected chi connectivity index (χ0v) is 6.44. The van der Waals surface area contributed by atoms with E-state index in [2.05, 4.69) is 10.0 Å². The molecule has 0 bridgehead atoms. The first kappa shape index (κ1) is 6.82. The molecule has 0 saturated carbocycles. The van der Waals surface area contributed by atoms with E-state index in [0.717, 1.165) is 17.8 Å². The molecule has 1 fully saturated rings. The van der Waals surface area contributed by atoms with E-state index in [0.29, 0.717) is 0 Å². The molecule has 0 atom stereocenters. The molecule has 0 aromatic carbocycles. The smallest absolute Gasteiger partial charge is 0.305 e. The Labute approximate surface area is 61.8 Å². The Bertz CT molecular complexity index is 157. The van der Waals surface area contributed by atoms with Gasteiger partial charge in [0.25, 0.3) is 0 Å².